The summed E-state index contributed by atoms with van der Waals surface area (Å²) in [6.07, 6.45) is 6.92. The zero-order valence-electron chi connectivity index (χ0n) is 12.0. The summed E-state index contributed by atoms with van der Waals surface area (Å²) < 4.78 is 1.77. The Hall–Kier alpha value is -2.43. The minimum atomic E-state index is 0.313. The van der Waals surface area contributed by atoms with E-state index in [2.05, 4.69) is 44.6 Å². The predicted molar refractivity (Wildman–Crippen MR) is 82.0 cm³/mol. The molecule has 106 valence electrons. The van der Waals surface area contributed by atoms with Gasteiger partial charge in [0.15, 0.2) is 5.65 Å². The van der Waals surface area contributed by atoms with Crippen molar-refractivity contribution in [3.8, 4) is 0 Å². The first kappa shape index (κ1) is 12.3. The van der Waals surface area contributed by atoms with E-state index in [9.17, 15) is 0 Å². The highest BCUT2D eigenvalue weighted by Crippen LogP contribution is 2.33. The molecule has 21 heavy (non-hydrogen) atoms. The van der Waals surface area contributed by atoms with Crippen molar-refractivity contribution in [2.45, 2.75) is 25.3 Å². The number of hydrogen-bond donors (Lipinski definition) is 1. The maximum atomic E-state index is 4.41. The molecule has 3 aromatic rings. The van der Waals surface area contributed by atoms with Crippen molar-refractivity contribution in [1.29, 1.82) is 0 Å². The quantitative estimate of drug-likeness (QED) is 0.783. The molecule has 0 saturated carbocycles. The smallest absolute Gasteiger partial charge is 0.163 e. The molecule has 2 heterocycles. The summed E-state index contributed by atoms with van der Waals surface area (Å²) in [5.41, 5.74) is 3.69. The largest absolute Gasteiger partial charge is 0.363 e. The van der Waals surface area contributed by atoms with Gasteiger partial charge in [-0.15, -0.1) is 0 Å². The Morgan fingerprint density at radius 1 is 1.24 bits per heavy atom. The van der Waals surface area contributed by atoms with Crippen molar-refractivity contribution in [2.24, 2.45) is 7.05 Å². The normalized spacial score (nSPS) is 17.7. The van der Waals surface area contributed by atoms with Gasteiger partial charge in [0, 0.05) is 7.05 Å². The van der Waals surface area contributed by atoms with Gasteiger partial charge in [-0.05, 0) is 30.4 Å². The average Bonchev–Trinajstić information content (AvgIpc) is 2.90. The molecule has 0 saturated heterocycles. The number of hydrogen-bond acceptors (Lipinski definition) is 4. The van der Waals surface area contributed by atoms with Crippen molar-refractivity contribution in [1.82, 2.24) is 19.7 Å². The van der Waals surface area contributed by atoms with E-state index in [1.165, 1.54) is 24.0 Å². The van der Waals surface area contributed by atoms with E-state index in [0.29, 0.717) is 6.04 Å². The van der Waals surface area contributed by atoms with Crippen LogP contribution in [0, 0.1) is 0 Å². The van der Waals surface area contributed by atoms with Gasteiger partial charge in [0.05, 0.1) is 17.6 Å². The summed E-state index contributed by atoms with van der Waals surface area (Å²) in [5, 5.41) is 8.83. The Morgan fingerprint density at radius 2 is 2.14 bits per heavy atom. The first-order chi connectivity index (χ1) is 10.3. The molecule has 0 amide bonds. The second kappa shape index (κ2) is 4.84. The van der Waals surface area contributed by atoms with Crippen molar-refractivity contribution in [3.05, 3.63) is 47.9 Å². The van der Waals surface area contributed by atoms with E-state index in [0.717, 1.165) is 23.3 Å². The number of benzene rings is 1. The Labute approximate surface area is 123 Å². The molecule has 5 heteroatoms. The van der Waals surface area contributed by atoms with E-state index < -0.39 is 0 Å². The molecule has 0 bridgehead atoms. The van der Waals surface area contributed by atoms with Gasteiger partial charge in [-0.2, -0.15) is 5.10 Å². The van der Waals surface area contributed by atoms with Gasteiger partial charge in [0.25, 0.3) is 0 Å². The molecule has 0 spiro atoms. The summed E-state index contributed by atoms with van der Waals surface area (Å²) in [5.74, 6) is 0.870. The minimum absolute atomic E-state index is 0.313. The van der Waals surface area contributed by atoms with E-state index in [1.807, 2.05) is 13.2 Å². The van der Waals surface area contributed by atoms with Gasteiger partial charge in [0.1, 0.15) is 12.1 Å². The fourth-order valence-corrected chi connectivity index (χ4v) is 3.15. The lowest BCUT2D eigenvalue weighted by Crippen LogP contribution is -2.18. The summed E-state index contributed by atoms with van der Waals surface area (Å²) in [4.78, 5) is 8.70. The second-order valence-electron chi connectivity index (χ2n) is 5.52. The average molecular weight is 279 g/mol. The van der Waals surface area contributed by atoms with E-state index in [1.54, 1.807) is 11.0 Å². The van der Waals surface area contributed by atoms with E-state index >= 15 is 0 Å². The van der Waals surface area contributed by atoms with Gasteiger partial charge >= 0.3 is 0 Å². The summed E-state index contributed by atoms with van der Waals surface area (Å²) >= 11 is 0. The van der Waals surface area contributed by atoms with E-state index in [-0.39, 0.29) is 0 Å². The molecule has 2 aromatic heterocycles. The highest BCUT2D eigenvalue weighted by atomic mass is 15.3. The van der Waals surface area contributed by atoms with Crippen molar-refractivity contribution in [3.63, 3.8) is 0 Å². The van der Waals surface area contributed by atoms with Gasteiger partial charge in [-0.1, -0.05) is 24.3 Å². The molecule has 1 aromatic carbocycles. The van der Waals surface area contributed by atoms with Crippen LogP contribution in [-0.2, 0) is 13.5 Å². The van der Waals surface area contributed by atoms with Gasteiger partial charge < -0.3 is 5.32 Å². The lowest BCUT2D eigenvalue weighted by Gasteiger charge is -2.26. The van der Waals surface area contributed by atoms with Gasteiger partial charge in [-0.3, -0.25) is 4.68 Å². The summed E-state index contributed by atoms with van der Waals surface area (Å²) in [7, 11) is 1.90. The molecule has 0 radical (unpaired) electrons. The molecule has 4 rings (SSSR count). The van der Waals surface area contributed by atoms with Crippen LogP contribution in [-0.4, -0.2) is 19.7 Å². The number of fused-ring (bicyclic) bond motifs is 2. The Kier molecular flexibility index (Phi) is 2.84. The van der Waals surface area contributed by atoms with Crippen LogP contribution < -0.4 is 5.32 Å². The number of anilines is 1. The molecule has 1 aliphatic rings. The van der Waals surface area contributed by atoms with Crippen molar-refractivity contribution >= 4 is 16.9 Å². The van der Waals surface area contributed by atoms with Crippen LogP contribution in [0.4, 0.5) is 5.82 Å². The fourth-order valence-electron chi connectivity index (χ4n) is 3.15. The summed E-state index contributed by atoms with van der Waals surface area (Å²) in [6.45, 7) is 0. The first-order valence-corrected chi connectivity index (χ1v) is 7.30. The number of nitrogens with one attached hydrogen (secondary N) is 1. The Morgan fingerprint density at radius 3 is 3.10 bits per heavy atom. The van der Waals surface area contributed by atoms with Crippen molar-refractivity contribution < 1.29 is 0 Å². The monoisotopic (exact) mass is 279 g/mol. The maximum Gasteiger partial charge on any atom is 0.163 e. The topological polar surface area (TPSA) is 55.6 Å². The Bertz CT molecular complexity index is 792. The fraction of sp³-hybridized carbons (Fsp3) is 0.312. The van der Waals surface area contributed by atoms with E-state index in [4.69, 9.17) is 0 Å². The lowest BCUT2D eigenvalue weighted by atomic mass is 9.88. The second-order valence-corrected chi connectivity index (χ2v) is 5.52. The highest BCUT2D eigenvalue weighted by molar-refractivity contribution is 5.86. The maximum absolute atomic E-state index is 4.41. The SMILES string of the molecule is Cn1ncc2c(N[C@H]3CCCc4ccccc43)ncnc21. The number of rotatable bonds is 2. The van der Waals surface area contributed by atoms with Crippen molar-refractivity contribution in [2.75, 3.05) is 5.32 Å². The predicted octanol–water partition coefficient (Wildman–Crippen LogP) is 2.85. The molecule has 0 fully saturated rings. The molecule has 1 N–H and O–H groups in total. The van der Waals surface area contributed by atoms with Crippen LogP contribution in [0.2, 0.25) is 0 Å². The minimum Gasteiger partial charge on any atom is -0.363 e. The zero-order valence-corrected chi connectivity index (χ0v) is 12.0. The molecule has 1 atom stereocenters. The molecular weight excluding hydrogens is 262 g/mol. The van der Waals surface area contributed by atoms with Gasteiger partial charge in [-0.25, -0.2) is 9.97 Å². The number of nitrogens with zero attached hydrogens (tertiary/aromatic N) is 4. The third-order valence-corrected chi connectivity index (χ3v) is 4.21. The molecule has 0 unspecified atom stereocenters. The van der Waals surface area contributed by atoms with Crippen LogP contribution in [0.3, 0.4) is 0 Å². The molecule has 1 aliphatic carbocycles. The molecule has 0 aliphatic heterocycles. The molecular formula is C16H17N5. The number of aryl methyl sites for hydroxylation is 2. The van der Waals surface area contributed by atoms with Crippen LogP contribution in [0.5, 0.6) is 0 Å². The zero-order chi connectivity index (χ0) is 14.2. The standard InChI is InChI=1S/C16H17N5/c1-21-16-13(9-19-21)15(17-10-18-16)20-14-8-4-6-11-5-2-3-7-12(11)14/h2-3,5,7,9-10,14H,4,6,8H2,1H3,(H,17,18,20)/t14-/m0/s1. The van der Waals surface area contributed by atoms with Crippen LogP contribution in [0.1, 0.15) is 30.0 Å². The Balaban J connectivity index is 1.73. The van der Waals surface area contributed by atoms with Crippen LogP contribution >= 0.6 is 0 Å². The lowest BCUT2D eigenvalue weighted by molar-refractivity contribution is 0.599. The highest BCUT2D eigenvalue weighted by Gasteiger charge is 2.21. The third kappa shape index (κ3) is 2.05. The van der Waals surface area contributed by atoms with Crippen LogP contribution in [0.15, 0.2) is 36.8 Å². The third-order valence-electron chi connectivity index (χ3n) is 4.21. The number of aromatic nitrogens is 4. The summed E-state index contributed by atoms with van der Waals surface area (Å²) in [6, 6.07) is 8.98. The first-order valence-electron chi connectivity index (χ1n) is 7.30. The van der Waals surface area contributed by atoms with Gasteiger partial charge in [0.2, 0.25) is 0 Å². The van der Waals surface area contributed by atoms with Crippen LogP contribution in [0.25, 0.3) is 11.0 Å². The molecule has 5 nitrogen and oxygen atoms in total.